The number of rotatable bonds is 6. The molecule has 0 aromatic heterocycles. The topological polar surface area (TPSA) is 46.1 Å². The van der Waals surface area contributed by atoms with E-state index < -0.39 is 6.10 Å². The van der Waals surface area contributed by atoms with E-state index in [9.17, 15) is 5.11 Å². The summed E-state index contributed by atoms with van der Waals surface area (Å²) in [5.41, 5.74) is 0.971. The largest absolute Gasteiger partial charge is 0.382 e. The van der Waals surface area contributed by atoms with Gasteiger partial charge in [-0.25, -0.2) is 0 Å². The molecule has 1 aromatic rings. The molecule has 1 rings (SSSR count). The van der Waals surface area contributed by atoms with E-state index in [1.165, 1.54) is 0 Å². The molecule has 0 saturated carbocycles. The highest BCUT2D eigenvalue weighted by molar-refractivity contribution is 5.16. The van der Waals surface area contributed by atoms with Gasteiger partial charge in [0.15, 0.2) is 0 Å². The number of methoxy groups -OCH3 is 1. The molecule has 0 radical (unpaired) electrons. The average molecular weight is 210 g/mol. The summed E-state index contributed by atoms with van der Waals surface area (Å²) >= 11 is 0. The van der Waals surface area contributed by atoms with Crippen molar-refractivity contribution < 1.29 is 15.2 Å². The molecule has 15 heavy (non-hydrogen) atoms. The van der Waals surface area contributed by atoms with Crippen LogP contribution in [0.5, 0.6) is 0 Å². The third-order valence-corrected chi connectivity index (χ3v) is 2.38. The average Bonchev–Trinajstić information content (AvgIpc) is 2.27. The number of quaternary nitrogens is 1. The van der Waals surface area contributed by atoms with E-state index >= 15 is 0 Å². The van der Waals surface area contributed by atoms with Gasteiger partial charge < -0.3 is 15.2 Å². The van der Waals surface area contributed by atoms with Crippen molar-refractivity contribution >= 4 is 0 Å². The molecule has 1 aromatic carbocycles. The second kappa shape index (κ2) is 6.56. The SMILES string of the molecule is COC[C@H](C)[NH2+]C[C@@H](O)c1ccccc1. The number of nitrogens with two attached hydrogens (primary N) is 1. The van der Waals surface area contributed by atoms with Gasteiger partial charge in [0.25, 0.3) is 0 Å². The van der Waals surface area contributed by atoms with Crippen LogP contribution in [0.25, 0.3) is 0 Å². The lowest BCUT2D eigenvalue weighted by Gasteiger charge is -2.13. The molecule has 0 heterocycles. The van der Waals surface area contributed by atoms with E-state index in [0.717, 1.165) is 5.56 Å². The third kappa shape index (κ3) is 4.42. The van der Waals surface area contributed by atoms with Gasteiger partial charge in [-0.3, -0.25) is 0 Å². The summed E-state index contributed by atoms with van der Waals surface area (Å²) in [6.07, 6.45) is -0.398. The van der Waals surface area contributed by atoms with Crippen LogP contribution in [0, 0.1) is 0 Å². The molecule has 0 saturated heterocycles. The van der Waals surface area contributed by atoms with E-state index in [-0.39, 0.29) is 0 Å². The van der Waals surface area contributed by atoms with Crippen molar-refractivity contribution in [2.45, 2.75) is 19.1 Å². The second-order valence-corrected chi connectivity index (χ2v) is 3.83. The van der Waals surface area contributed by atoms with Crippen molar-refractivity contribution in [2.75, 3.05) is 20.3 Å². The summed E-state index contributed by atoms with van der Waals surface area (Å²) in [6, 6.07) is 10.1. The van der Waals surface area contributed by atoms with Crippen LogP contribution in [0.15, 0.2) is 30.3 Å². The zero-order valence-corrected chi connectivity index (χ0v) is 9.39. The fourth-order valence-electron chi connectivity index (χ4n) is 1.50. The molecule has 84 valence electrons. The summed E-state index contributed by atoms with van der Waals surface area (Å²) in [4.78, 5) is 0. The number of ether oxygens (including phenoxy) is 1. The molecule has 3 heteroatoms. The molecule has 0 aliphatic carbocycles. The molecule has 0 spiro atoms. The lowest BCUT2D eigenvalue weighted by molar-refractivity contribution is -0.694. The van der Waals surface area contributed by atoms with Crippen LogP contribution in [0.2, 0.25) is 0 Å². The van der Waals surface area contributed by atoms with Crippen LogP contribution in [-0.4, -0.2) is 31.4 Å². The molecule has 0 unspecified atom stereocenters. The zero-order chi connectivity index (χ0) is 11.1. The summed E-state index contributed by atoms with van der Waals surface area (Å²) < 4.78 is 5.03. The summed E-state index contributed by atoms with van der Waals surface area (Å²) in [5.74, 6) is 0. The third-order valence-electron chi connectivity index (χ3n) is 2.38. The second-order valence-electron chi connectivity index (χ2n) is 3.83. The van der Waals surface area contributed by atoms with Gasteiger partial charge in [0, 0.05) is 7.11 Å². The highest BCUT2D eigenvalue weighted by atomic mass is 16.5. The van der Waals surface area contributed by atoms with Gasteiger partial charge in [-0.15, -0.1) is 0 Å². The van der Waals surface area contributed by atoms with Gasteiger partial charge in [-0.1, -0.05) is 30.3 Å². The van der Waals surface area contributed by atoms with Crippen molar-refractivity contribution in [1.29, 1.82) is 0 Å². The minimum Gasteiger partial charge on any atom is -0.382 e. The normalized spacial score (nSPS) is 14.9. The Morgan fingerprint density at radius 1 is 1.33 bits per heavy atom. The Morgan fingerprint density at radius 3 is 2.60 bits per heavy atom. The molecule has 0 amide bonds. The lowest BCUT2D eigenvalue weighted by Crippen LogP contribution is -2.91. The minimum atomic E-state index is -0.398. The quantitative estimate of drug-likeness (QED) is 0.710. The maximum atomic E-state index is 9.87. The van der Waals surface area contributed by atoms with Gasteiger partial charge in [0.2, 0.25) is 0 Å². The maximum absolute atomic E-state index is 9.87. The van der Waals surface area contributed by atoms with Crippen LogP contribution in [-0.2, 0) is 4.74 Å². The number of aliphatic hydroxyl groups is 1. The lowest BCUT2D eigenvalue weighted by atomic mass is 10.1. The van der Waals surface area contributed by atoms with Crippen LogP contribution >= 0.6 is 0 Å². The monoisotopic (exact) mass is 210 g/mol. The number of aliphatic hydroxyl groups excluding tert-OH is 1. The fraction of sp³-hybridized carbons (Fsp3) is 0.500. The Bertz CT molecular complexity index is 264. The highest BCUT2D eigenvalue weighted by Gasteiger charge is 2.11. The Kier molecular flexibility index (Phi) is 5.32. The maximum Gasteiger partial charge on any atom is 0.128 e. The number of hydrogen-bond acceptors (Lipinski definition) is 2. The molecular formula is C12H20NO2+. The Balaban J connectivity index is 2.33. The highest BCUT2D eigenvalue weighted by Crippen LogP contribution is 2.08. The zero-order valence-electron chi connectivity index (χ0n) is 9.39. The van der Waals surface area contributed by atoms with Gasteiger partial charge >= 0.3 is 0 Å². The first-order valence-corrected chi connectivity index (χ1v) is 5.29. The molecule has 0 aliphatic rings. The Labute approximate surface area is 91.1 Å². The first kappa shape index (κ1) is 12.2. The molecule has 0 bridgehead atoms. The molecular weight excluding hydrogens is 190 g/mol. The predicted molar refractivity (Wildman–Crippen MR) is 59.5 cm³/mol. The van der Waals surface area contributed by atoms with Crippen molar-refractivity contribution in [1.82, 2.24) is 0 Å². The van der Waals surface area contributed by atoms with E-state index in [1.54, 1.807) is 7.11 Å². The Morgan fingerprint density at radius 2 is 2.00 bits per heavy atom. The molecule has 0 fully saturated rings. The standard InChI is InChI=1S/C12H19NO2/c1-10(9-15-2)13-8-12(14)11-6-4-3-5-7-11/h3-7,10,12-14H,8-9H2,1-2H3/p+1/t10-,12+/m0/s1. The van der Waals surface area contributed by atoms with Crippen LogP contribution in [0.4, 0.5) is 0 Å². The van der Waals surface area contributed by atoms with Crippen LogP contribution in [0.3, 0.4) is 0 Å². The van der Waals surface area contributed by atoms with E-state index in [0.29, 0.717) is 19.2 Å². The summed E-state index contributed by atoms with van der Waals surface area (Å²) in [7, 11) is 1.69. The fourth-order valence-corrected chi connectivity index (χ4v) is 1.50. The minimum absolute atomic E-state index is 0.383. The smallest absolute Gasteiger partial charge is 0.128 e. The summed E-state index contributed by atoms with van der Waals surface area (Å²) in [5, 5.41) is 12.0. The Hall–Kier alpha value is -0.900. The first-order chi connectivity index (χ1) is 7.24. The summed E-state index contributed by atoms with van der Waals surface area (Å²) in [6.45, 7) is 3.47. The van der Waals surface area contributed by atoms with Gasteiger partial charge in [0.05, 0.1) is 6.61 Å². The molecule has 3 nitrogen and oxygen atoms in total. The van der Waals surface area contributed by atoms with Crippen LogP contribution < -0.4 is 5.32 Å². The predicted octanol–water partition coefficient (Wildman–Crippen LogP) is 0.318. The van der Waals surface area contributed by atoms with Gasteiger partial charge in [-0.05, 0) is 12.5 Å². The van der Waals surface area contributed by atoms with Crippen molar-refractivity contribution in [3.05, 3.63) is 35.9 Å². The number of hydrogen-bond donors (Lipinski definition) is 2. The van der Waals surface area contributed by atoms with Crippen molar-refractivity contribution in [2.24, 2.45) is 0 Å². The molecule has 0 aliphatic heterocycles. The first-order valence-electron chi connectivity index (χ1n) is 5.29. The number of benzene rings is 1. The van der Waals surface area contributed by atoms with Gasteiger partial charge in [-0.2, -0.15) is 0 Å². The molecule has 2 atom stereocenters. The van der Waals surface area contributed by atoms with E-state index in [2.05, 4.69) is 12.2 Å². The molecule has 3 N–H and O–H groups in total. The van der Waals surface area contributed by atoms with Crippen molar-refractivity contribution in [3.63, 3.8) is 0 Å². The van der Waals surface area contributed by atoms with E-state index in [4.69, 9.17) is 4.74 Å². The van der Waals surface area contributed by atoms with Crippen LogP contribution in [0.1, 0.15) is 18.6 Å². The van der Waals surface area contributed by atoms with E-state index in [1.807, 2.05) is 30.3 Å². The van der Waals surface area contributed by atoms with Gasteiger partial charge in [0.1, 0.15) is 18.7 Å². The van der Waals surface area contributed by atoms with Crippen molar-refractivity contribution in [3.8, 4) is 0 Å².